The van der Waals surface area contributed by atoms with Gasteiger partial charge in [0.2, 0.25) is 0 Å². The van der Waals surface area contributed by atoms with Crippen molar-refractivity contribution in [1.29, 1.82) is 0 Å². The quantitative estimate of drug-likeness (QED) is 0.233. The Labute approximate surface area is 173 Å². The van der Waals surface area contributed by atoms with Gasteiger partial charge in [-0.1, -0.05) is 24.3 Å². The number of nitro benzene ring substituents is 1. The molecular formula is C19H14IN3O5. The second-order valence-electron chi connectivity index (χ2n) is 5.52. The van der Waals surface area contributed by atoms with E-state index < -0.39 is 17.4 Å². The molecule has 1 heterocycles. The standard InChI is InChI=1S/C19H14IN3O5/c20-14-7-5-13(6-8-14)17-10-9-15(28-17)11-21-22-19(24)12-27-18-4-2-1-3-16(18)23(25)26/h1-11H,12H2,(H,22,24)/b21-11+. The average molecular weight is 491 g/mol. The van der Waals surface area contributed by atoms with Gasteiger partial charge in [0.25, 0.3) is 5.91 Å². The predicted molar refractivity (Wildman–Crippen MR) is 111 cm³/mol. The Balaban J connectivity index is 1.53. The maximum atomic E-state index is 11.8. The molecule has 0 aliphatic carbocycles. The van der Waals surface area contributed by atoms with E-state index in [-0.39, 0.29) is 11.4 Å². The third-order valence-corrected chi connectivity index (χ3v) is 4.28. The van der Waals surface area contributed by atoms with Gasteiger partial charge in [0.1, 0.15) is 11.5 Å². The van der Waals surface area contributed by atoms with Gasteiger partial charge >= 0.3 is 5.69 Å². The number of amides is 1. The van der Waals surface area contributed by atoms with Crippen LogP contribution in [0.4, 0.5) is 5.69 Å². The molecule has 0 aliphatic heterocycles. The number of hydrazone groups is 1. The Bertz CT molecular complexity index is 1010. The molecule has 3 rings (SSSR count). The van der Waals surface area contributed by atoms with Crippen molar-refractivity contribution >= 4 is 40.4 Å². The van der Waals surface area contributed by atoms with E-state index in [9.17, 15) is 14.9 Å². The summed E-state index contributed by atoms with van der Waals surface area (Å²) in [5.41, 5.74) is 3.00. The van der Waals surface area contributed by atoms with Gasteiger partial charge < -0.3 is 9.15 Å². The molecule has 0 aliphatic rings. The monoisotopic (exact) mass is 491 g/mol. The van der Waals surface area contributed by atoms with Crippen molar-refractivity contribution in [2.24, 2.45) is 5.10 Å². The van der Waals surface area contributed by atoms with Gasteiger partial charge in [0.05, 0.1) is 11.1 Å². The first-order valence-electron chi connectivity index (χ1n) is 8.07. The summed E-state index contributed by atoms with van der Waals surface area (Å²) < 4.78 is 12.0. The van der Waals surface area contributed by atoms with Crippen molar-refractivity contribution in [2.45, 2.75) is 0 Å². The van der Waals surface area contributed by atoms with E-state index in [1.54, 1.807) is 12.1 Å². The van der Waals surface area contributed by atoms with Crippen molar-refractivity contribution in [2.75, 3.05) is 6.61 Å². The van der Waals surface area contributed by atoms with Gasteiger partial charge in [-0.25, -0.2) is 5.43 Å². The lowest BCUT2D eigenvalue weighted by molar-refractivity contribution is -0.385. The minimum atomic E-state index is -0.576. The molecule has 1 aromatic heterocycles. The Kier molecular flexibility index (Phi) is 6.37. The highest BCUT2D eigenvalue weighted by molar-refractivity contribution is 14.1. The van der Waals surface area contributed by atoms with Crippen molar-refractivity contribution < 1.29 is 18.9 Å². The van der Waals surface area contributed by atoms with Gasteiger partial charge in [-0.15, -0.1) is 0 Å². The van der Waals surface area contributed by atoms with E-state index in [0.29, 0.717) is 11.5 Å². The Morgan fingerprint density at radius 2 is 1.93 bits per heavy atom. The number of carbonyl (C=O) groups excluding carboxylic acids is 1. The van der Waals surface area contributed by atoms with Crippen LogP contribution in [0.15, 0.2) is 70.2 Å². The lowest BCUT2D eigenvalue weighted by Crippen LogP contribution is -2.24. The number of ether oxygens (including phenoxy) is 1. The van der Waals surface area contributed by atoms with E-state index in [1.807, 2.05) is 30.3 Å². The van der Waals surface area contributed by atoms with Crippen molar-refractivity contribution in [3.05, 3.63) is 80.1 Å². The number of halogens is 1. The van der Waals surface area contributed by atoms with Crippen LogP contribution in [0.2, 0.25) is 0 Å². The van der Waals surface area contributed by atoms with Gasteiger partial charge in [-0.3, -0.25) is 14.9 Å². The first kappa shape index (κ1) is 19.5. The molecule has 1 amide bonds. The number of nitrogens with zero attached hydrogens (tertiary/aromatic N) is 2. The summed E-state index contributed by atoms with van der Waals surface area (Å²) >= 11 is 2.23. The summed E-state index contributed by atoms with van der Waals surface area (Å²) in [4.78, 5) is 22.1. The zero-order valence-electron chi connectivity index (χ0n) is 14.4. The topological polar surface area (TPSA) is 107 Å². The minimum absolute atomic E-state index is 0.0137. The molecule has 0 atom stereocenters. The fourth-order valence-electron chi connectivity index (χ4n) is 2.27. The van der Waals surface area contributed by atoms with Crippen LogP contribution in [0.5, 0.6) is 5.75 Å². The molecule has 9 heteroatoms. The van der Waals surface area contributed by atoms with Crippen LogP contribution in [0, 0.1) is 13.7 Å². The summed E-state index contributed by atoms with van der Waals surface area (Å²) in [6.45, 7) is -0.408. The largest absolute Gasteiger partial charge is 0.477 e. The second-order valence-corrected chi connectivity index (χ2v) is 6.76. The molecule has 0 saturated carbocycles. The highest BCUT2D eigenvalue weighted by Gasteiger charge is 2.14. The molecule has 142 valence electrons. The number of benzene rings is 2. The van der Waals surface area contributed by atoms with Crippen LogP contribution in [0.1, 0.15) is 5.76 Å². The van der Waals surface area contributed by atoms with Crippen LogP contribution >= 0.6 is 22.6 Å². The Morgan fingerprint density at radius 3 is 2.68 bits per heavy atom. The first-order valence-corrected chi connectivity index (χ1v) is 9.15. The van der Waals surface area contributed by atoms with Crippen molar-refractivity contribution in [1.82, 2.24) is 5.43 Å². The smallest absolute Gasteiger partial charge is 0.310 e. The number of hydrogen-bond acceptors (Lipinski definition) is 6. The molecule has 0 bridgehead atoms. The highest BCUT2D eigenvalue weighted by Crippen LogP contribution is 2.25. The molecule has 0 saturated heterocycles. The molecule has 0 fully saturated rings. The van der Waals surface area contributed by atoms with Crippen LogP contribution < -0.4 is 10.2 Å². The summed E-state index contributed by atoms with van der Waals surface area (Å²) in [5, 5.41) is 14.7. The number of carbonyl (C=O) groups is 1. The zero-order valence-corrected chi connectivity index (χ0v) is 16.5. The van der Waals surface area contributed by atoms with Crippen LogP contribution in [-0.2, 0) is 4.79 Å². The van der Waals surface area contributed by atoms with E-state index in [2.05, 4.69) is 33.1 Å². The molecular weight excluding hydrogens is 477 g/mol. The summed E-state index contributed by atoms with van der Waals surface area (Å²) in [7, 11) is 0. The minimum Gasteiger partial charge on any atom is -0.477 e. The fourth-order valence-corrected chi connectivity index (χ4v) is 2.62. The van der Waals surface area contributed by atoms with Crippen LogP contribution in [-0.4, -0.2) is 23.7 Å². The number of furan rings is 1. The lowest BCUT2D eigenvalue weighted by Gasteiger charge is -2.05. The molecule has 3 aromatic rings. The lowest BCUT2D eigenvalue weighted by atomic mass is 10.2. The van der Waals surface area contributed by atoms with Gasteiger partial charge in [0.15, 0.2) is 12.4 Å². The third-order valence-electron chi connectivity index (χ3n) is 3.56. The number of rotatable bonds is 7. The van der Waals surface area contributed by atoms with E-state index >= 15 is 0 Å². The van der Waals surface area contributed by atoms with Crippen LogP contribution in [0.3, 0.4) is 0 Å². The molecule has 1 N–H and O–H groups in total. The maximum absolute atomic E-state index is 11.8. The molecule has 2 aromatic carbocycles. The molecule has 0 unspecified atom stereocenters. The normalized spacial score (nSPS) is 10.8. The molecule has 28 heavy (non-hydrogen) atoms. The molecule has 0 spiro atoms. The predicted octanol–water partition coefficient (Wildman–Crippen LogP) is 3.99. The first-order chi connectivity index (χ1) is 13.5. The van der Waals surface area contributed by atoms with Crippen molar-refractivity contribution in [3.63, 3.8) is 0 Å². The number of hydrogen-bond donors (Lipinski definition) is 1. The van der Waals surface area contributed by atoms with Gasteiger partial charge in [0, 0.05) is 15.2 Å². The van der Waals surface area contributed by atoms with Gasteiger partial charge in [-0.2, -0.15) is 5.10 Å². The summed E-state index contributed by atoms with van der Waals surface area (Å²) in [6, 6.07) is 17.2. The maximum Gasteiger partial charge on any atom is 0.310 e. The summed E-state index contributed by atoms with van der Waals surface area (Å²) in [5.74, 6) is 0.607. The Hall–Kier alpha value is -3.21. The Morgan fingerprint density at radius 1 is 1.18 bits per heavy atom. The molecule has 8 nitrogen and oxygen atoms in total. The average Bonchev–Trinajstić information content (AvgIpc) is 3.16. The number of nitrogens with one attached hydrogen (secondary N) is 1. The van der Waals surface area contributed by atoms with E-state index in [1.165, 1.54) is 24.4 Å². The van der Waals surface area contributed by atoms with E-state index in [4.69, 9.17) is 9.15 Å². The SMILES string of the molecule is O=C(COc1ccccc1[N+](=O)[O-])N/N=C/c1ccc(-c2ccc(I)cc2)o1. The summed E-state index contributed by atoms with van der Waals surface area (Å²) in [6.07, 6.45) is 1.36. The molecule has 0 radical (unpaired) electrons. The number of nitro groups is 1. The third kappa shape index (κ3) is 5.16. The highest BCUT2D eigenvalue weighted by atomic mass is 127. The van der Waals surface area contributed by atoms with Gasteiger partial charge in [-0.05, 0) is 52.9 Å². The second kappa shape index (κ2) is 9.13. The fraction of sp³-hybridized carbons (Fsp3) is 0.0526. The number of para-hydroxylation sites is 2. The van der Waals surface area contributed by atoms with E-state index in [0.717, 1.165) is 9.13 Å². The zero-order chi connectivity index (χ0) is 19.9. The van der Waals surface area contributed by atoms with Crippen molar-refractivity contribution in [3.8, 4) is 17.1 Å². The van der Waals surface area contributed by atoms with Crippen LogP contribution in [0.25, 0.3) is 11.3 Å².